The van der Waals surface area contributed by atoms with Crippen LogP contribution in [0.25, 0.3) is 5.69 Å². The van der Waals surface area contributed by atoms with Gasteiger partial charge >= 0.3 is 11.4 Å². The maximum Gasteiger partial charge on any atom is 0.352 e. The standard InChI is InChI=1S/C29H23N3O2/c33-26-30(19-14-8-3-9-15-19)27(34)32-29-16-28(17-10-4-1-5-11-17,18-12-6-2-7-13-18)25(29)22-20-21(22)24(23(20)29)31(26)32/h1-15,20-25H,16H2/t20-,21?,22-,23+,24-,25+,29-/m1/s1. The summed E-state index contributed by atoms with van der Waals surface area (Å²) in [6.45, 7) is 0. The van der Waals surface area contributed by atoms with Crippen molar-refractivity contribution in [1.82, 2.24) is 13.9 Å². The van der Waals surface area contributed by atoms with E-state index in [1.807, 2.05) is 39.7 Å². The monoisotopic (exact) mass is 445 g/mol. The first-order valence-corrected chi connectivity index (χ1v) is 12.3. The van der Waals surface area contributed by atoms with Crippen molar-refractivity contribution in [1.29, 1.82) is 0 Å². The normalized spacial score (nSPS) is 36.1. The smallest absolute Gasteiger partial charge is 0.245 e. The summed E-state index contributed by atoms with van der Waals surface area (Å²) in [6.07, 6.45) is 0.887. The van der Waals surface area contributed by atoms with Gasteiger partial charge in [0.1, 0.15) is 0 Å². The Kier molecular flexibility index (Phi) is 2.82. The summed E-state index contributed by atoms with van der Waals surface area (Å²) in [5.74, 6) is 2.58. The summed E-state index contributed by atoms with van der Waals surface area (Å²) in [6, 6.07) is 31.3. The first kappa shape index (κ1) is 17.8. The Balaban J connectivity index is 1.31. The molecule has 0 amide bonds. The van der Waals surface area contributed by atoms with Crippen LogP contribution in [-0.4, -0.2) is 13.9 Å². The zero-order valence-corrected chi connectivity index (χ0v) is 18.5. The molecule has 1 spiro atoms. The van der Waals surface area contributed by atoms with Gasteiger partial charge in [-0.3, -0.25) is 0 Å². The summed E-state index contributed by atoms with van der Waals surface area (Å²) < 4.78 is 5.21. The van der Waals surface area contributed by atoms with Crippen LogP contribution in [0.1, 0.15) is 23.6 Å². The third kappa shape index (κ3) is 1.57. The number of rotatable bonds is 3. The highest BCUT2D eigenvalue weighted by atomic mass is 16.2. The molecule has 4 aromatic rings. The topological polar surface area (TPSA) is 48.9 Å². The molecule has 7 atom stereocenters. The van der Waals surface area contributed by atoms with Crippen LogP contribution >= 0.6 is 0 Å². The van der Waals surface area contributed by atoms with Crippen molar-refractivity contribution in [2.45, 2.75) is 23.4 Å². The Hall–Kier alpha value is -3.60. The lowest BCUT2D eigenvalue weighted by atomic mass is 9.40. The van der Waals surface area contributed by atoms with E-state index >= 15 is 0 Å². The van der Waals surface area contributed by atoms with Crippen molar-refractivity contribution in [2.24, 2.45) is 29.6 Å². The molecule has 0 radical (unpaired) electrons. The van der Waals surface area contributed by atoms with Crippen molar-refractivity contribution in [3.05, 3.63) is 123 Å². The van der Waals surface area contributed by atoms with Crippen LogP contribution in [-0.2, 0) is 11.0 Å². The second kappa shape index (κ2) is 5.38. The van der Waals surface area contributed by atoms with Crippen LogP contribution < -0.4 is 11.4 Å². The van der Waals surface area contributed by atoms with Crippen LogP contribution in [0.15, 0.2) is 101 Å². The Morgan fingerprint density at radius 1 is 0.676 bits per heavy atom. The fraction of sp³-hybridized carbons (Fsp3) is 0.310. The second-order valence-electron chi connectivity index (χ2n) is 11.0. The largest absolute Gasteiger partial charge is 0.352 e. The first-order chi connectivity index (χ1) is 16.7. The number of hydrogen-bond donors (Lipinski definition) is 0. The summed E-state index contributed by atoms with van der Waals surface area (Å²) >= 11 is 0. The number of benzene rings is 3. The number of aromatic nitrogens is 3. The van der Waals surface area contributed by atoms with Crippen molar-refractivity contribution < 1.29 is 0 Å². The van der Waals surface area contributed by atoms with Gasteiger partial charge in [0.15, 0.2) is 0 Å². The molecule has 2 heterocycles. The average molecular weight is 446 g/mol. The molecular weight excluding hydrogens is 422 g/mol. The molecule has 1 aliphatic heterocycles. The van der Waals surface area contributed by atoms with E-state index in [0.29, 0.717) is 35.3 Å². The highest BCUT2D eigenvalue weighted by molar-refractivity contribution is 5.54. The van der Waals surface area contributed by atoms with Crippen LogP contribution in [0, 0.1) is 29.6 Å². The zero-order chi connectivity index (χ0) is 22.4. The number of fused-ring (bicyclic) bond motifs is 5. The third-order valence-corrected chi connectivity index (χ3v) is 10.2. The van der Waals surface area contributed by atoms with E-state index in [4.69, 9.17) is 0 Å². The fourth-order valence-corrected chi connectivity index (χ4v) is 9.42. The van der Waals surface area contributed by atoms with Crippen molar-refractivity contribution in [3.63, 3.8) is 0 Å². The summed E-state index contributed by atoms with van der Waals surface area (Å²) in [5, 5.41) is 0. The van der Waals surface area contributed by atoms with Crippen LogP contribution in [0.4, 0.5) is 0 Å². The lowest BCUT2D eigenvalue weighted by Gasteiger charge is -2.64. The van der Waals surface area contributed by atoms with Gasteiger partial charge in [-0.2, -0.15) is 0 Å². The molecule has 166 valence electrons. The highest BCUT2D eigenvalue weighted by Crippen LogP contribution is 2.93. The minimum Gasteiger partial charge on any atom is -0.245 e. The van der Waals surface area contributed by atoms with Crippen LogP contribution in [0.2, 0.25) is 0 Å². The lowest BCUT2D eigenvalue weighted by Crippen LogP contribution is -2.69. The molecule has 4 saturated carbocycles. The predicted octanol–water partition coefficient (Wildman–Crippen LogP) is 3.56. The molecule has 3 aromatic carbocycles. The lowest BCUT2D eigenvalue weighted by molar-refractivity contribution is -0.0928. The molecule has 9 rings (SSSR count). The molecule has 0 saturated heterocycles. The van der Waals surface area contributed by atoms with Crippen molar-refractivity contribution in [2.75, 3.05) is 0 Å². The molecular formula is C29H23N3O2. The van der Waals surface area contributed by atoms with E-state index in [-0.39, 0.29) is 28.4 Å². The van der Waals surface area contributed by atoms with Crippen molar-refractivity contribution >= 4 is 0 Å². The van der Waals surface area contributed by atoms with Gasteiger partial charge in [0.25, 0.3) is 0 Å². The van der Waals surface area contributed by atoms with E-state index in [9.17, 15) is 9.59 Å². The van der Waals surface area contributed by atoms with Gasteiger partial charge in [-0.05, 0) is 47.4 Å². The number of para-hydroxylation sites is 1. The van der Waals surface area contributed by atoms with Gasteiger partial charge in [-0.25, -0.2) is 23.5 Å². The van der Waals surface area contributed by atoms with Gasteiger partial charge in [-0.1, -0.05) is 78.9 Å². The maximum absolute atomic E-state index is 14.0. The molecule has 4 aliphatic carbocycles. The fourth-order valence-electron chi connectivity index (χ4n) is 9.42. The summed E-state index contributed by atoms with van der Waals surface area (Å²) in [5.41, 5.74) is 2.66. The molecule has 34 heavy (non-hydrogen) atoms. The molecule has 0 bridgehead atoms. The van der Waals surface area contributed by atoms with Gasteiger partial charge < -0.3 is 0 Å². The molecule has 1 unspecified atom stereocenters. The molecule has 5 heteroatoms. The van der Waals surface area contributed by atoms with Crippen LogP contribution in [0.3, 0.4) is 0 Å². The van der Waals surface area contributed by atoms with E-state index < -0.39 is 0 Å². The Morgan fingerprint density at radius 2 is 1.26 bits per heavy atom. The minimum atomic E-state index is -0.253. The van der Waals surface area contributed by atoms with E-state index in [1.165, 1.54) is 15.7 Å². The average Bonchev–Trinajstić information content (AvgIpc) is 3.19. The molecule has 5 aliphatic rings. The van der Waals surface area contributed by atoms with E-state index in [0.717, 1.165) is 6.42 Å². The Morgan fingerprint density at radius 3 is 1.88 bits per heavy atom. The third-order valence-electron chi connectivity index (χ3n) is 10.2. The Labute approximate surface area is 195 Å². The van der Waals surface area contributed by atoms with E-state index in [2.05, 4.69) is 60.7 Å². The Bertz CT molecular complexity index is 1580. The van der Waals surface area contributed by atoms with E-state index in [1.54, 1.807) is 0 Å². The van der Waals surface area contributed by atoms with Gasteiger partial charge in [-0.15, -0.1) is 0 Å². The highest BCUT2D eigenvalue weighted by Gasteiger charge is 2.94. The van der Waals surface area contributed by atoms with Gasteiger partial charge in [0.2, 0.25) is 0 Å². The summed E-state index contributed by atoms with van der Waals surface area (Å²) in [4.78, 5) is 27.7. The molecule has 4 fully saturated rings. The van der Waals surface area contributed by atoms with Gasteiger partial charge in [0, 0.05) is 17.3 Å². The minimum absolute atomic E-state index is 0.112. The van der Waals surface area contributed by atoms with Crippen LogP contribution in [0.5, 0.6) is 0 Å². The number of nitrogens with zero attached hydrogens (tertiary/aromatic N) is 3. The quantitative estimate of drug-likeness (QED) is 0.484. The molecule has 1 aromatic heterocycles. The molecule has 0 N–H and O–H groups in total. The second-order valence-corrected chi connectivity index (χ2v) is 11.0. The molecule has 5 nitrogen and oxygen atoms in total. The first-order valence-electron chi connectivity index (χ1n) is 12.3. The SMILES string of the molecule is O=c1n(-c2ccccc2)c(=O)n2n1[C@@H]1C3[C@@H]4[C@H]3[C@H]3C(c5ccccc5)(c5ccccc5)C[C@@]32[C@@H]41. The zero-order valence-electron chi connectivity index (χ0n) is 18.5. The number of hydrogen-bond acceptors (Lipinski definition) is 2. The van der Waals surface area contributed by atoms with Crippen molar-refractivity contribution in [3.8, 4) is 5.69 Å². The predicted molar refractivity (Wildman–Crippen MR) is 127 cm³/mol. The summed E-state index contributed by atoms with van der Waals surface area (Å²) in [7, 11) is 0. The maximum atomic E-state index is 14.0. The van der Waals surface area contributed by atoms with Gasteiger partial charge in [0.05, 0.1) is 17.3 Å².